The van der Waals surface area contributed by atoms with Gasteiger partial charge >= 0.3 is 0 Å². The van der Waals surface area contributed by atoms with Crippen LogP contribution in [0.3, 0.4) is 0 Å². The zero-order valence-corrected chi connectivity index (χ0v) is 15.7. The van der Waals surface area contributed by atoms with E-state index in [-0.39, 0.29) is 34.6 Å². The van der Waals surface area contributed by atoms with Crippen molar-refractivity contribution in [2.24, 2.45) is 0 Å². The Morgan fingerprint density at radius 1 is 1.32 bits per heavy atom. The zero-order valence-electron chi connectivity index (χ0n) is 14.9. The Balaban J connectivity index is 2.19. The second-order valence-electron chi connectivity index (χ2n) is 6.01. The third-order valence-electron chi connectivity index (χ3n) is 3.83. The van der Waals surface area contributed by atoms with E-state index < -0.39 is 10.0 Å². The molecule has 25 heavy (non-hydrogen) atoms. The molecule has 1 aromatic heterocycles. The van der Waals surface area contributed by atoms with Gasteiger partial charge in [0.15, 0.2) is 11.5 Å². The van der Waals surface area contributed by atoms with Crippen LogP contribution in [0.15, 0.2) is 27.6 Å². The summed E-state index contributed by atoms with van der Waals surface area (Å²) in [5.41, 5.74) is 1.57. The molecule has 0 unspecified atom stereocenters. The first kappa shape index (κ1) is 19.1. The molecule has 0 amide bonds. The molecule has 1 N–H and O–H groups in total. The fourth-order valence-corrected chi connectivity index (χ4v) is 3.86. The van der Waals surface area contributed by atoms with Crippen molar-refractivity contribution in [3.05, 3.63) is 40.8 Å². The van der Waals surface area contributed by atoms with Gasteiger partial charge in [0, 0.05) is 5.56 Å². The molecule has 0 radical (unpaired) electrons. The number of sulfonamides is 1. The average Bonchev–Trinajstić information content (AvgIpc) is 2.91. The maximum Gasteiger partial charge on any atom is 0.246 e. The van der Waals surface area contributed by atoms with Crippen LogP contribution < -0.4 is 9.46 Å². The van der Waals surface area contributed by atoms with E-state index in [2.05, 4.69) is 9.88 Å². The van der Waals surface area contributed by atoms with Crippen LogP contribution in [0.5, 0.6) is 5.75 Å². The second-order valence-corrected chi connectivity index (χ2v) is 7.72. The molecule has 8 heteroatoms. The molecule has 0 saturated carbocycles. The molecular weight excluding hydrogens is 344 g/mol. The minimum Gasteiger partial charge on any atom is -0.496 e. The molecule has 0 aliphatic heterocycles. The predicted octanol–water partition coefficient (Wildman–Crippen LogP) is 2.58. The Morgan fingerprint density at radius 3 is 2.52 bits per heavy atom. The summed E-state index contributed by atoms with van der Waals surface area (Å²) < 4.78 is 37.2. The van der Waals surface area contributed by atoms with Crippen LogP contribution in [-0.4, -0.2) is 33.0 Å². The predicted molar refractivity (Wildman–Crippen MR) is 92.6 cm³/mol. The number of nitrogens with one attached hydrogen (secondary N) is 1. The first-order valence-corrected chi connectivity index (χ1v) is 9.29. The largest absolute Gasteiger partial charge is 0.496 e. The van der Waals surface area contributed by atoms with Gasteiger partial charge in [-0.25, -0.2) is 13.1 Å². The highest BCUT2D eigenvalue weighted by Crippen LogP contribution is 2.27. The SMILES string of the molecule is COc1ccc(C(=O)CNS(=O)(=O)c2c(C)noc2C)cc1C(C)C. The van der Waals surface area contributed by atoms with Crippen LogP contribution in [0, 0.1) is 13.8 Å². The highest BCUT2D eigenvalue weighted by molar-refractivity contribution is 7.89. The fourth-order valence-electron chi connectivity index (χ4n) is 2.55. The van der Waals surface area contributed by atoms with E-state index in [9.17, 15) is 13.2 Å². The van der Waals surface area contributed by atoms with Gasteiger partial charge in [-0.2, -0.15) is 0 Å². The quantitative estimate of drug-likeness (QED) is 0.756. The number of carbonyl (C=O) groups excluding carboxylic acids is 1. The molecule has 0 saturated heterocycles. The number of nitrogens with zero attached hydrogens (tertiary/aromatic N) is 1. The van der Waals surface area contributed by atoms with Crippen molar-refractivity contribution < 1.29 is 22.5 Å². The summed E-state index contributed by atoms with van der Waals surface area (Å²) in [7, 11) is -2.30. The molecule has 0 bridgehead atoms. The number of ketones is 1. The lowest BCUT2D eigenvalue weighted by molar-refractivity contribution is 0.0997. The average molecular weight is 366 g/mol. The summed E-state index contributed by atoms with van der Waals surface area (Å²) in [6.45, 7) is 6.68. The van der Waals surface area contributed by atoms with Crippen LogP contribution >= 0.6 is 0 Å². The molecule has 2 rings (SSSR count). The van der Waals surface area contributed by atoms with Crippen molar-refractivity contribution in [2.75, 3.05) is 13.7 Å². The number of ether oxygens (including phenoxy) is 1. The van der Waals surface area contributed by atoms with Crippen LogP contribution in [0.25, 0.3) is 0 Å². The van der Waals surface area contributed by atoms with Crippen molar-refractivity contribution in [3.8, 4) is 5.75 Å². The number of aromatic nitrogens is 1. The van der Waals surface area contributed by atoms with Crippen molar-refractivity contribution in [3.63, 3.8) is 0 Å². The molecule has 2 aromatic rings. The molecular formula is C17H22N2O5S. The molecule has 0 atom stereocenters. The van der Waals surface area contributed by atoms with E-state index in [1.54, 1.807) is 25.3 Å². The molecule has 1 aromatic carbocycles. The number of benzene rings is 1. The lowest BCUT2D eigenvalue weighted by Crippen LogP contribution is -2.30. The molecule has 0 spiro atoms. The summed E-state index contributed by atoms with van der Waals surface area (Å²) in [5, 5.41) is 3.62. The maximum absolute atomic E-state index is 12.4. The maximum atomic E-state index is 12.4. The van der Waals surface area contributed by atoms with Crippen molar-refractivity contribution in [2.45, 2.75) is 38.5 Å². The Bertz CT molecular complexity index is 865. The third kappa shape index (κ3) is 4.08. The van der Waals surface area contributed by atoms with Crippen LogP contribution in [0.4, 0.5) is 0 Å². The lowest BCUT2D eigenvalue weighted by Gasteiger charge is -2.13. The van der Waals surface area contributed by atoms with Gasteiger partial charge < -0.3 is 9.26 Å². The zero-order chi connectivity index (χ0) is 18.8. The number of Topliss-reactive ketones (excluding diaryl/α,β-unsaturated/α-hetero) is 1. The molecule has 0 aliphatic carbocycles. The van der Waals surface area contributed by atoms with E-state index in [4.69, 9.17) is 9.26 Å². The number of methoxy groups -OCH3 is 1. The first-order valence-electron chi connectivity index (χ1n) is 7.81. The summed E-state index contributed by atoms with van der Waals surface area (Å²) in [6, 6.07) is 5.07. The number of hydrogen-bond acceptors (Lipinski definition) is 6. The van der Waals surface area contributed by atoms with Crippen LogP contribution in [-0.2, 0) is 10.0 Å². The summed E-state index contributed by atoms with van der Waals surface area (Å²) in [6.07, 6.45) is 0. The Labute approximate surface area is 147 Å². The van der Waals surface area contributed by atoms with Gasteiger partial charge in [-0.05, 0) is 43.5 Å². The van der Waals surface area contributed by atoms with Crippen molar-refractivity contribution >= 4 is 15.8 Å². The highest BCUT2D eigenvalue weighted by atomic mass is 32.2. The van der Waals surface area contributed by atoms with Gasteiger partial charge in [-0.3, -0.25) is 4.79 Å². The third-order valence-corrected chi connectivity index (χ3v) is 5.48. The number of hydrogen-bond donors (Lipinski definition) is 1. The van der Waals surface area contributed by atoms with Gasteiger partial charge in [0.05, 0.1) is 13.7 Å². The minimum absolute atomic E-state index is 0.0297. The lowest BCUT2D eigenvalue weighted by atomic mass is 9.98. The van der Waals surface area contributed by atoms with Gasteiger partial charge in [-0.15, -0.1) is 0 Å². The molecule has 7 nitrogen and oxygen atoms in total. The summed E-state index contributed by atoms with van der Waals surface area (Å²) in [4.78, 5) is 12.4. The topological polar surface area (TPSA) is 98.5 Å². The number of rotatable bonds is 7. The molecule has 0 fully saturated rings. The van der Waals surface area contributed by atoms with E-state index in [0.717, 1.165) is 5.56 Å². The number of carbonyl (C=O) groups is 1. The van der Waals surface area contributed by atoms with E-state index in [1.807, 2.05) is 13.8 Å². The Morgan fingerprint density at radius 2 is 2.00 bits per heavy atom. The molecule has 136 valence electrons. The molecule has 0 aliphatic rings. The molecule has 1 heterocycles. The first-order chi connectivity index (χ1) is 11.7. The van der Waals surface area contributed by atoms with E-state index >= 15 is 0 Å². The van der Waals surface area contributed by atoms with E-state index in [0.29, 0.717) is 11.3 Å². The second kappa shape index (κ2) is 7.37. The van der Waals surface area contributed by atoms with Gasteiger partial charge in [0.25, 0.3) is 0 Å². The van der Waals surface area contributed by atoms with Crippen molar-refractivity contribution in [1.29, 1.82) is 0 Å². The van der Waals surface area contributed by atoms with Crippen molar-refractivity contribution in [1.82, 2.24) is 9.88 Å². The number of aryl methyl sites for hydroxylation is 2. The highest BCUT2D eigenvalue weighted by Gasteiger charge is 2.25. The van der Waals surface area contributed by atoms with Gasteiger partial charge in [0.1, 0.15) is 16.3 Å². The normalized spacial score (nSPS) is 11.8. The smallest absolute Gasteiger partial charge is 0.246 e. The monoisotopic (exact) mass is 366 g/mol. The summed E-state index contributed by atoms with van der Waals surface area (Å²) in [5.74, 6) is 0.716. The van der Waals surface area contributed by atoms with Crippen LogP contribution in [0.2, 0.25) is 0 Å². The standard InChI is InChI=1S/C17H22N2O5S/c1-10(2)14-8-13(6-7-16(14)23-5)15(20)9-18-25(21,22)17-11(3)19-24-12(17)4/h6-8,10,18H,9H2,1-5H3. The van der Waals surface area contributed by atoms with E-state index in [1.165, 1.54) is 13.8 Å². The Hall–Kier alpha value is -2.19. The minimum atomic E-state index is -3.87. The van der Waals surface area contributed by atoms with Crippen LogP contribution in [0.1, 0.15) is 47.1 Å². The Kier molecular flexibility index (Phi) is 5.64. The fraction of sp³-hybridized carbons (Fsp3) is 0.412. The summed E-state index contributed by atoms with van der Waals surface area (Å²) >= 11 is 0. The van der Waals surface area contributed by atoms with Gasteiger partial charge in [0.2, 0.25) is 10.0 Å². The van der Waals surface area contributed by atoms with Gasteiger partial charge in [-0.1, -0.05) is 19.0 Å².